The number of ether oxygens (including phenoxy) is 1. The molecule has 5 rings (SSSR count). The fraction of sp³-hybridized carbons (Fsp3) is 0.148. The molecule has 0 radical (unpaired) electrons. The summed E-state index contributed by atoms with van der Waals surface area (Å²) in [7, 11) is 4.11. The van der Waals surface area contributed by atoms with Crippen molar-refractivity contribution < 1.29 is 9.13 Å². The molecular weight excluding hydrogens is 472 g/mol. The van der Waals surface area contributed by atoms with Crippen molar-refractivity contribution in [2.45, 2.75) is 18.6 Å². The molecule has 6 nitrogen and oxygen atoms in total. The quantitative estimate of drug-likeness (QED) is 0.215. The zero-order valence-corrected chi connectivity index (χ0v) is 20.6. The second kappa shape index (κ2) is 10.4. The van der Waals surface area contributed by atoms with E-state index in [1.54, 1.807) is 19.1 Å². The molecule has 0 spiro atoms. The molecule has 0 amide bonds. The van der Waals surface area contributed by atoms with Crippen LogP contribution in [0.2, 0.25) is 0 Å². The van der Waals surface area contributed by atoms with Crippen molar-refractivity contribution in [1.82, 2.24) is 9.97 Å². The van der Waals surface area contributed by atoms with Crippen LogP contribution < -0.4 is 21.1 Å². The minimum atomic E-state index is -0.250. The van der Waals surface area contributed by atoms with Crippen molar-refractivity contribution in [3.8, 4) is 5.75 Å². The van der Waals surface area contributed by atoms with Gasteiger partial charge in [0.2, 0.25) is 0 Å². The number of fused-ring (bicyclic) bond motifs is 1. The van der Waals surface area contributed by atoms with Crippen LogP contribution >= 0.6 is 11.8 Å². The van der Waals surface area contributed by atoms with E-state index < -0.39 is 0 Å². The van der Waals surface area contributed by atoms with Crippen molar-refractivity contribution in [2.75, 3.05) is 23.0 Å². The summed E-state index contributed by atoms with van der Waals surface area (Å²) < 4.78 is 19.7. The first-order chi connectivity index (χ1) is 17.5. The molecule has 36 heavy (non-hydrogen) atoms. The Labute approximate surface area is 214 Å². The number of thioether (sulfide) groups is 1. The second-order valence-electron chi connectivity index (χ2n) is 8.59. The van der Waals surface area contributed by atoms with Crippen LogP contribution in [0.5, 0.6) is 5.75 Å². The first-order valence-corrected chi connectivity index (χ1v) is 12.5. The Hall–Kier alpha value is -3.85. The summed E-state index contributed by atoms with van der Waals surface area (Å²) >= 11 is 1.81. The summed E-state index contributed by atoms with van der Waals surface area (Å²) in [5, 5.41) is 9.88. The van der Waals surface area contributed by atoms with Gasteiger partial charge in [-0.2, -0.15) is 0 Å². The Kier molecular flexibility index (Phi) is 6.91. The van der Waals surface area contributed by atoms with E-state index in [9.17, 15) is 4.39 Å². The number of hydrogen-bond acceptors (Lipinski definition) is 7. The van der Waals surface area contributed by atoms with Crippen molar-refractivity contribution in [1.29, 1.82) is 0 Å². The number of benzene rings is 3. The third-order valence-electron chi connectivity index (χ3n) is 5.89. The van der Waals surface area contributed by atoms with Crippen molar-refractivity contribution >= 4 is 58.6 Å². The van der Waals surface area contributed by atoms with E-state index in [0.29, 0.717) is 33.7 Å². The topological polar surface area (TPSA) is 85.1 Å². The third kappa shape index (κ3) is 5.36. The summed E-state index contributed by atoms with van der Waals surface area (Å²) in [5.74, 6) is 1.01. The summed E-state index contributed by atoms with van der Waals surface area (Å²) in [6.07, 6.45) is 4.69. The van der Waals surface area contributed by atoms with Gasteiger partial charge in [-0.3, -0.25) is 0 Å². The summed E-state index contributed by atoms with van der Waals surface area (Å²) in [5.41, 5.74) is 11.6. The number of nitrogen functional groups attached to an aromatic ring is 1. The average molecular weight is 497 g/mol. The maximum absolute atomic E-state index is 13.7. The van der Waals surface area contributed by atoms with Gasteiger partial charge >= 0.3 is 210 Å². The number of nitrogens with two attached hydrogens (primary N) is 1. The van der Waals surface area contributed by atoms with Crippen molar-refractivity contribution in [2.24, 2.45) is 0 Å². The Morgan fingerprint density at radius 2 is 2.06 bits per heavy atom. The number of rotatable bonds is 8. The minimum absolute atomic E-state index is 0.250. The summed E-state index contributed by atoms with van der Waals surface area (Å²) in [4.78, 5) is 8.72. The number of aryl methyl sites for hydroxylation is 1. The van der Waals surface area contributed by atoms with Gasteiger partial charge in [0.25, 0.3) is 0 Å². The van der Waals surface area contributed by atoms with E-state index in [2.05, 4.69) is 51.7 Å². The first kappa shape index (κ1) is 23.9. The van der Waals surface area contributed by atoms with Gasteiger partial charge in [-0.1, -0.05) is 0 Å². The van der Waals surface area contributed by atoms with Crippen LogP contribution in [0, 0.1) is 12.7 Å². The van der Waals surface area contributed by atoms with Gasteiger partial charge in [0.1, 0.15) is 0 Å². The Bertz CT molecular complexity index is 1470. The molecule has 0 saturated heterocycles. The van der Waals surface area contributed by atoms with Crippen LogP contribution in [0.4, 0.5) is 27.3 Å². The number of hydrogen-bond donors (Lipinski definition) is 3. The number of nitrogens with zero attached hydrogens (tertiary/aromatic N) is 2. The third-order valence-corrected chi connectivity index (χ3v) is 7.03. The van der Waals surface area contributed by atoms with Crippen molar-refractivity contribution in [3.63, 3.8) is 0 Å². The number of nitrogens with one attached hydrogen (secondary N) is 2. The van der Waals surface area contributed by atoms with Crippen LogP contribution in [0.3, 0.4) is 0 Å². The fourth-order valence-electron chi connectivity index (χ4n) is 3.96. The predicted octanol–water partition coefficient (Wildman–Crippen LogP) is 5.62. The maximum atomic E-state index is 13.7. The molecule has 0 saturated carbocycles. The van der Waals surface area contributed by atoms with Crippen LogP contribution in [0.15, 0.2) is 72.4 Å². The van der Waals surface area contributed by atoms with E-state index in [1.807, 2.05) is 36.0 Å². The molecule has 9 heteroatoms. The van der Waals surface area contributed by atoms with Crippen LogP contribution in [0.1, 0.15) is 22.8 Å². The molecule has 1 unspecified atom stereocenters. The van der Waals surface area contributed by atoms with Gasteiger partial charge in [0, 0.05) is 0 Å². The zero-order valence-electron chi connectivity index (χ0n) is 19.8. The summed E-state index contributed by atoms with van der Waals surface area (Å²) in [6.45, 7) is 1.97. The number of allylic oxidation sites excluding steroid dienone is 1. The van der Waals surface area contributed by atoms with Gasteiger partial charge in [-0.25, -0.2) is 4.39 Å². The van der Waals surface area contributed by atoms with Gasteiger partial charge in [0.15, 0.2) is 0 Å². The van der Waals surface area contributed by atoms with E-state index in [-0.39, 0.29) is 12.4 Å². The molecule has 4 N–H and O–H groups in total. The second-order valence-corrected chi connectivity index (χ2v) is 9.70. The molecule has 0 bridgehead atoms. The molecule has 1 aliphatic heterocycles. The van der Waals surface area contributed by atoms with E-state index in [4.69, 9.17) is 10.5 Å². The number of halogens is 1. The van der Waals surface area contributed by atoms with Gasteiger partial charge < -0.3 is 0 Å². The van der Waals surface area contributed by atoms with Gasteiger partial charge in [-0.15, -0.1) is 0 Å². The summed E-state index contributed by atoms with van der Waals surface area (Å²) in [6, 6.07) is 16.5. The average Bonchev–Trinajstić information content (AvgIpc) is 3.42. The SMILES string of the molecule is B=C(COc1ccc2ncnc(Nc3ccc(F)c(C)c3)c2c1)Nc1cc(C2CC=CS2)ccc1N. The number of anilines is 4. The monoisotopic (exact) mass is 497 g/mol. The van der Waals surface area contributed by atoms with Gasteiger partial charge in [-0.05, 0) is 0 Å². The Balaban J connectivity index is 1.28. The molecule has 0 fully saturated rings. The van der Waals surface area contributed by atoms with E-state index in [1.165, 1.54) is 18.0 Å². The molecular formula is C27H25BFN5OS. The molecule has 1 aromatic heterocycles. The molecule has 0 aliphatic carbocycles. The van der Waals surface area contributed by atoms with E-state index in [0.717, 1.165) is 28.7 Å². The molecule has 1 aliphatic rings. The normalized spacial score (nSPS) is 14.6. The number of aromatic nitrogens is 2. The standard InChI is InChI=1S/C27H25BFN5OS/c1-16-11-18(5-7-21(16)29)33-27-20-13-19(6-9-23(20)31-15-32-27)35-14-26(28)34-24-12-17(4-8-22(24)30)25-3-2-10-36-25/h2,4-13,15,25,28,34H,3,14,30H2,1H3,(H,31,32,33). The Morgan fingerprint density at radius 1 is 1.17 bits per heavy atom. The zero-order chi connectivity index (χ0) is 25.1. The van der Waals surface area contributed by atoms with Crippen LogP contribution in [-0.2, 0) is 0 Å². The van der Waals surface area contributed by atoms with Gasteiger partial charge in [0.05, 0.1) is 0 Å². The Morgan fingerprint density at radius 3 is 2.86 bits per heavy atom. The van der Waals surface area contributed by atoms with Crippen molar-refractivity contribution in [3.05, 3.63) is 89.4 Å². The molecule has 2 heterocycles. The molecule has 1 atom stereocenters. The first-order valence-electron chi connectivity index (χ1n) is 11.5. The van der Waals surface area contributed by atoms with Crippen LogP contribution in [-0.4, -0.2) is 29.6 Å². The molecule has 180 valence electrons. The van der Waals surface area contributed by atoms with Crippen LogP contribution in [0.25, 0.3) is 10.9 Å². The fourth-order valence-corrected chi connectivity index (χ4v) is 4.90. The van der Waals surface area contributed by atoms with E-state index >= 15 is 0 Å². The molecule has 3 aromatic carbocycles. The predicted molar refractivity (Wildman–Crippen MR) is 150 cm³/mol. The molecule has 4 aromatic rings.